The van der Waals surface area contributed by atoms with Gasteiger partial charge in [0, 0.05) is 12.0 Å². The lowest BCUT2D eigenvalue weighted by Crippen LogP contribution is -2.14. The third-order valence-corrected chi connectivity index (χ3v) is 3.84. The fourth-order valence-corrected chi connectivity index (χ4v) is 2.73. The Morgan fingerprint density at radius 1 is 1.30 bits per heavy atom. The highest BCUT2D eigenvalue weighted by atomic mass is 19.1. The first-order valence-electron chi connectivity index (χ1n) is 6.86. The molecule has 0 bridgehead atoms. The maximum absolute atomic E-state index is 14.2. The van der Waals surface area contributed by atoms with E-state index in [2.05, 4.69) is 0 Å². The summed E-state index contributed by atoms with van der Waals surface area (Å²) in [6.45, 7) is 3.80. The monoisotopic (exact) mass is 271 g/mol. The first-order chi connectivity index (χ1) is 9.56. The molecule has 0 saturated carbocycles. The maximum Gasteiger partial charge on any atom is 0.131 e. The number of hydrogen-bond acceptors (Lipinski definition) is 2. The van der Waals surface area contributed by atoms with Crippen LogP contribution in [0.5, 0.6) is 5.75 Å². The Kier molecular flexibility index (Phi) is 3.22. The summed E-state index contributed by atoms with van der Waals surface area (Å²) in [4.78, 5) is 0. The summed E-state index contributed by atoms with van der Waals surface area (Å²) in [5.74, 6) is 0.697. The van der Waals surface area contributed by atoms with E-state index in [-0.39, 0.29) is 11.9 Å². The third-order valence-electron chi connectivity index (χ3n) is 3.84. The molecule has 0 saturated heterocycles. The van der Waals surface area contributed by atoms with Crippen LogP contribution in [0.25, 0.3) is 0 Å². The number of nitrogens with two attached hydrogens (primary N) is 1. The molecule has 3 rings (SSSR count). The van der Waals surface area contributed by atoms with Crippen LogP contribution in [0.1, 0.15) is 35.2 Å². The Morgan fingerprint density at radius 3 is 2.90 bits per heavy atom. The van der Waals surface area contributed by atoms with Gasteiger partial charge in [0.2, 0.25) is 0 Å². The van der Waals surface area contributed by atoms with Gasteiger partial charge in [-0.2, -0.15) is 0 Å². The van der Waals surface area contributed by atoms with Gasteiger partial charge in [-0.25, -0.2) is 4.39 Å². The molecule has 0 radical (unpaired) electrons. The third kappa shape index (κ3) is 2.18. The number of ether oxygens (including phenoxy) is 1. The number of fused-ring (bicyclic) bond motifs is 1. The van der Waals surface area contributed by atoms with E-state index in [0.717, 1.165) is 23.3 Å². The average Bonchev–Trinajstić information content (AvgIpc) is 2.80. The molecule has 2 unspecified atom stereocenters. The Labute approximate surface area is 118 Å². The lowest BCUT2D eigenvalue weighted by molar-refractivity contribution is 0.254. The molecule has 0 fully saturated rings. The predicted octanol–water partition coefficient (Wildman–Crippen LogP) is 3.51. The van der Waals surface area contributed by atoms with Gasteiger partial charge in [0.05, 0.1) is 6.04 Å². The van der Waals surface area contributed by atoms with E-state index in [0.29, 0.717) is 11.1 Å². The van der Waals surface area contributed by atoms with Crippen LogP contribution < -0.4 is 10.5 Å². The summed E-state index contributed by atoms with van der Waals surface area (Å²) >= 11 is 0. The molecule has 2 atom stereocenters. The average molecular weight is 271 g/mol. The number of rotatable bonds is 2. The van der Waals surface area contributed by atoms with E-state index < -0.39 is 6.04 Å². The van der Waals surface area contributed by atoms with Crippen molar-refractivity contribution >= 4 is 0 Å². The molecule has 0 amide bonds. The zero-order chi connectivity index (χ0) is 14.3. The molecule has 0 aromatic heterocycles. The van der Waals surface area contributed by atoms with Gasteiger partial charge >= 0.3 is 0 Å². The highest BCUT2D eigenvalue weighted by Crippen LogP contribution is 2.32. The molecule has 1 heterocycles. The van der Waals surface area contributed by atoms with E-state index in [1.165, 1.54) is 0 Å². The van der Waals surface area contributed by atoms with Crippen molar-refractivity contribution in [1.29, 1.82) is 0 Å². The second kappa shape index (κ2) is 4.91. The summed E-state index contributed by atoms with van der Waals surface area (Å²) in [6, 6.07) is 10.8. The highest BCUT2D eigenvalue weighted by molar-refractivity contribution is 5.44. The first kappa shape index (κ1) is 13.1. The van der Waals surface area contributed by atoms with Crippen molar-refractivity contribution in [3.63, 3.8) is 0 Å². The van der Waals surface area contributed by atoms with Crippen LogP contribution >= 0.6 is 0 Å². The molecule has 20 heavy (non-hydrogen) atoms. The molecule has 3 heteroatoms. The predicted molar refractivity (Wildman–Crippen MR) is 77.4 cm³/mol. The highest BCUT2D eigenvalue weighted by Gasteiger charge is 2.21. The SMILES string of the molecule is Cc1cccc(C(N)c2ccc3c(c2)CC(C)O3)c1F. The summed E-state index contributed by atoms with van der Waals surface area (Å²) in [5.41, 5.74) is 9.47. The topological polar surface area (TPSA) is 35.2 Å². The van der Waals surface area contributed by atoms with Crippen molar-refractivity contribution in [1.82, 2.24) is 0 Å². The van der Waals surface area contributed by atoms with Gasteiger partial charge in [-0.3, -0.25) is 0 Å². The summed E-state index contributed by atoms with van der Waals surface area (Å²) in [6.07, 6.45) is 1.08. The summed E-state index contributed by atoms with van der Waals surface area (Å²) in [5, 5.41) is 0. The normalized spacial score (nSPS) is 18.5. The number of aryl methyl sites for hydroxylation is 1. The lowest BCUT2D eigenvalue weighted by atomic mass is 9.95. The van der Waals surface area contributed by atoms with E-state index in [1.807, 2.05) is 31.2 Å². The van der Waals surface area contributed by atoms with Crippen LogP contribution in [0.4, 0.5) is 4.39 Å². The quantitative estimate of drug-likeness (QED) is 0.907. The van der Waals surface area contributed by atoms with Crippen molar-refractivity contribution < 1.29 is 9.13 Å². The van der Waals surface area contributed by atoms with Gasteiger partial charge in [0.1, 0.15) is 17.7 Å². The first-order valence-corrected chi connectivity index (χ1v) is 6.86. The molecule has 2 nitrogen and oxygen atoms in total. The van der Waals surface area contributed by atoms with E-state index in [4.69, 9.17) is 10.5 Å². The van der Waals surface area contributed by atoms with Gasteiger partial charge in [-0.15, -0.1) is 0 Å². The van der Waals surface area contributed by atoms with Crippen LogP contribution in [-0.4, -0.2) is 6.10 Å². The van der Waals surface area contributed by atoms with Crippen molar-refractivity contribution in [2.24, 2.45) is 5.73 Å². The summed E-state index contributed by atoms with van der Waals surface area (Å²) in [7, 11) is 0. The number of hydrogen-bond donors (Lipinski definition) is 1. The smallest absolute Gasteiger partial charge is 0.131 e. The minimum atomic E-state index is -0.448. The van der Waals surface area contributed by atoms with Gasteiger partial charge in [-0.05, 0) is 36.6 Å². The molecular weight excluding hydrogens is 253 g/mol. The maximum atomic E-state index is 14.2. The van der Waals surface area contributed by atoms with E-state index in [1.54, 1.807) is 19.1 Å². The fraction of sp³-hybridized carbons (Fsp3) is 0.294. The lowest BCUT2D eigenvalue weighted by Gasteiger charge is -2.15. The Hall–Kier alpha value is -1.87. The van der Waals surface area contributed by atoms with Crippen LogP contribution in [0, 0.1) is 12.7 Å². The second-order valence-electron chi connectivity index (χ2n) is 5.46. The molecule has 0 aliphatic carbocycles. The molecule has 1 aliphatic heterocycles. The minimum absolute atomic E-state index is 0.201. The van der Waals surface area contributed by atoms with E-state index >= 15 is 0 Å². The molecule has 2 N–H and O–H groups in total. The Bertz CT molecular complexity index is 653. The molecule has 2 aromatic carbocycles. The van der Waals surface area contributed by atoms with Gasteiger partial charge < -0.3 is 10.5 Å². The van der Waals surface area contributed by atoms with Crippen LogP contribution in [0.15, 0.2) is 36.4 Å². The van der Waals surface area contributed by atoms with Gasteiger partial charge in [0.15, 0.2) is 0 Å². The summed E-state index contributed by atoms with van der Waals surface area (Å²) < 4.78 is 19.8. The Balaban J connectivity index is 1.97. The van der Waals surface area contributed by atoms with Crippen molar-refractivity contribution in [3.8, 4) is 5.75 Å². The van der Waals surface area contributed by atoms with Crippen LogP contribution in [0.2, 0.25) is 0 Å². The van der Waals surface area contributed by atoms with Crippen LogP contribution in [-0.2, 0) is 6.42 Å². The number of benzene rings is 2. The largest absolute Gasteiger partial charge is 0.490 e. The zero-order valence-electron chi connectivity index (χ0n) is 11.7. The van der Waals surface area contributed by atoms with Crippen molar-refractivity contribution in [2.75, 3.05) is 0 Å². The fourth-order valence-electron chi connectivity index (χ4n) is 2.73. The van der Waals surface area contributed by atoms with Crippen molar-refractivity contribution in [3.05, 3.63) is 64.5 Å². The molecule has 1 aliphatic rings. The Morgan fingerprint density at radius 2 is 2.10 bits per heavy atom. The zero-order valence-corrected chi connectivity index (χ0v) is 11.7. The molecule has 2 aromatic rings. The standard InChI is InChI=1S/C17H18FNO/c1-10-4-3-5-14(16(10)18)17(19)12-6-7-15-13(9-12)8-11(2)20-15/h3-7,9,11,17H,8,19H2,1-2H3. The molecular formula is C17H18FNO. The van der Waals surface area contributed by atoms with Crippen molar-refractivity contribution in [2.45, 2.75) is 32.4 Å². The van der Waals surface area contributed by atoms with E-state index in [9.17, 15) is 4.39 Å². The van der Waals surface area contributed by atoms with Crippen LogP contribution in [0.3, 0.4) is 0 Å². The minimum Gasteiger partial charge on any atom is -0.490 e. The second-order valence-corrected chi connectivity index (χ2v) is 5.46. The van der Waals surface area contributed by atoms with Gasteiger partial charge in [0.25, 0.3) is 0 Å². The molecule has 104 valence electrons. The number of halogens is 1. The van der Waals surface area contributed by atoms with Gasteiger partial charge in [-0.1, -0.05) is 30.3 Å². The molecule has 0 spiro atoms.